The van der Waals surface area contributed by atoms with Crippen molar-refractivity contribution in [1.82, 2.24) is 0 Å². The number of hydrogen-bond donors (Lipinski definition) is 0. The maximum atomic E-state index is 14.2. The first-order chi connectivity index (χ1) is 12.7. The molecule has 0 saturated carbocycles. The summed E-state index contributed by atoms with van der Waals surface area (Å²) in [5.41, 5.74) is 0.394. The maximum absolute atomic E-state index is 14.2. The van der Waals surface area contributed by atoms with Crippen LogP contribution in [0.2, 0.25) is 0 Å². The zero-order valence-corrected chi connectivity index (χ0v) is 16.5. The van der Waals surface area contributed by atoms with Crippen LogP contribution in [0.25, 0.3) is 0 Å². The average Bonchev–Trinajstić information content (AvgIpc) is 2.82. The fourth-order valence-electron chi connectivity index (χ4n) is 2.88. The number of rotatable bonds is 6. The molecule has 27 heavy (non-hydrogen) atoms. The summed E-state index contributed by atoms with van der Waals surface area (Å²) in [5, 5.41) is 0. The molecule has 1 aliphatic heterocycles. The van der Waals surface area contributed by atoms with Crippen molar-refractivity contribution in [3.8, 4) is 11.5 Å². The number of hydrogen-bond acceptors (Lipinski definition) is 4. The van der Waals surface area contributed by atoms with E-state index >= 15 is 0 Å². The maximum Gasteiger partial charge on any atom is 0.494 e. The van der Waals surface area contributed by atoms with Crippen LogP contribution < -0.4 is 14.9 Å². The third kappa shape index (κ3) is 4.28. The van der Waals surface area contributed by atoms with Crippen LogP contribution in [0, 0.1) is 5.82 Å². The lowest BCUT2D eigenvalue weighted by molar-refractivity contribution is 0.00578. The highest BCUT2D eigenvalue weighted by Gasteiger charge is 2.51. The Morgan fingerprint density at radius 2 is 1.52 bits per heavy atom. The highest BCUT2D eigenvalue weighted by atomic mass is 19.1. The fraction of sp³-hybridized carbons (Fsp3) is 0.429. The fourth-order valence-corrected chi connectivity index (χ4v) is 2.88. The van der Waals surface area contributed by atoms with Gasteiger partial charge in [0.15, 0.2) is 11.5 Å². The quantitative estimate of drug-likeness (QED) is 0.716. The monoisotopic (exact) mass is 372 g/mol. The topological polar surface area (TPSA) is 36.9 Å². The van der Waals surface area contributed by atoms with Crippen LogP contribution in [-0.4, -0.2) is 24.9 Å². The molecule has 0 radical (unpaired) electrons. The summed E-state index contributed by atoms with van der Waals surface area (Å²) in [6.07, 6.45) is 0. The third-order valence-corrected chi connectivity index (χ3v) is 5.05. The molecule has 0 N–H and O–H groups in total. The van der Waals surface area contributed by atoms with Gasteiger partial charge in [0.1, 0.15) is 12.4 Å². The van der Waals surface area contributed by atoms with Crippen molar-refractivity contribution >= 4 is 12.6 Å². The van der Waals surface area contributed by atoms with Crippen LogP contribution >= 0.6 is 0 Å². The predicted molar refractivity (Wildman–Crippen MR) is 104 cm³/mol. The average molecular weight is 372 g/mol. The second-order valence-electron chi connectivity index (χ2n) is 7.65. The Bertz CT molecular complexity index is 791. The standard InChI is InChI=1S/C21H26BFO4/c1-6-24-18-9-7-8-10-19(18)25-14-15-11-16(13-17(23)12-15)22-26-20(2,3)21(4,5)27-22/h7-13H,6,14H2,1-5H3. The van der Waals surface area contributed by atoms with E-state index in [-0.39, 0.29) is 12.4 Å². The SMILES string of the molecule is CCOc1ccccc1OCc1cc(F)cc(B2OC(C)(C)C(C)(C)O2)c1. The van der Waals surface area contributed by atoms with Crippen molar-refractivity contribution in [1.29, 1.82) is 0 Å². The zero-order valence-electron chi connectivity index (χ0n) is 16.5. The summed E-state index contributed by atoms with van der Waals surface area (Å²) in [4.78, 5) is 0. The molecule has 6 heteroatoms. The van der Waals surface area contributed by atoms with Crippen molar-refractivity contribution in [2.24, 2.45) is 0 Å². The van der Waals surface area contributed by atoms with Gasteiger partial charge in [-0.15, -0.1) is 0 Å². The normalized spacial score (nSPS) is 17.8. The highest BCUT2D eigenvalue weighted by Crippen LogP contribution is 2.36. The first-order valence-electron chi connectivity index (χ1n) is 9.21. The Morgan fingerprint density at radius 1 is 0.926 bits per heavy atom. The van der Waals surface area contributed by atoms with Crippen molar-refractivity contribution in [3.05, 3.63) is 53.8 Å². The molecule has 1 fully saturated rings. The van der Waals surface area contributed by atoms with Gasteiger partial charge >= 0.3 is 7.12 Å². The van der Waals surface area contributed by atoms with E-state index in [1.54, 1.807) is 0 Å². The molecule has 4 nitrogen and oxygen atoms in total. The van der Waals surface area contributed by atoms with Crippen LogP contribution in [0.5, 0.6) is 11.5 Å². The second kappa shape index (κ2) is 7.53. The van der Waals surface area contributed by atoms with Gasteiger partial charge in [0, 0.05) is 0 Å². The van der Waals surface area contributed by atoms with Gasteiger partial charge in [-0.2, -0.15) is 0 Å². The Labute approximate surface area is 160 Å². The summed E-state index contributed by atoms with van der Waals surface area (Å²) in [6.45, 7) is 10.6. The molecule has 1 saturated heterocycles. The number of para-hydroxylation sites is 2. The van der Waals surface area contributed by atoms with Crippen LogP contribution in [0.1, 0.15) is 40.2 Å². The molecule has 1 aliphatic rings. The van der Waals surface area contributed by atoms with Gasteiger partial charge in [-0.25, -0.2) is 4.39 Å². The van der Waals surface area contributed by atoms with E-state index in [2.05, 4.69) is 0 Å². The van der Waals surface area contributed by atoms with Gasteiger partial charge in [0.05, 0.1) is 17.8 Å². The summed E-state index contributed by atoms with van der Waals surface area (Å²) >= 11 is 0. The van der Waals surface area contributed by atoms with Gasteiger partial charge in [0.25, 0.3) is 0 Å². The van der Waals surface area contributed by atoms with E-state index in [1.165, 1.54) is 12.1 Å². The van der Waals surface area contributed by atoms with Gasteiger partial charge < -0.3 is 18.8 Å². The van der Waals surface area contributed by atoms with Gasteiger partial charge in [-0.3, -0.25) is 0 Å². The molecule has 2 aromatic rings. The molecular formula is C21H26BFO4. The Hall–Kier alpha value is -2.05. The van der Waals surface area contributed by atoms with E-state index < -0.39 is 18.3 Å². The Morgan fingerprint density at radius 3 is 2.11 bits per heavy atom. The molecule has 144 valence electrons. The molecule has 3 rings (SSSR count). The number of benzene rings is 2. The summed E-state index contributed by atoms with van der Waals surface area (Å²) in [5.74, 6) is 0.947. The van der Waals surface area contributed by atoms with Crippen LogP contribution in [-0.2, 0) is 15.9 Å². The van der Waals surface area contributed by atoms with Crippen LogP contribution in [0.3, 0.4) is 0 Å². The molecule has 0 aromatic heterocycles. The third-order valence-electron chi connectivity index (χ3n) is 5.05. The number of ether oxygens (including phenoxy) is 2. The summed E-state index contributed by atoms with van der Waals surface area (Å²) in [6, 6.07) is 12.2. The minimum absolute atomic E-state index is 0.217. The van der Waals surface area contributed by atoms with E-state index in [4.69, 9.17) is 18.8 Å². The molecule has 1 heterocycles. The lowest BCUT2D eigenvalue weighted by Crippen LogP contribution is -2.41. The van der Waals surface area contributed by atoms with Crippen molar-refractivity contribution in [3.63, 3.8) is 0 Å². The summed E-state index contributed by atoms with van der Waals surface area (Å²) < 4.78 is 37.7. The molecule has 2 aromatic carbocycles. The molecule has 0 bridgehead atoms. The summed E-state index contributed by atoms with van der Waals surface area (Å²) in [7, 11) is -0.611. The van der Waals surface area contributed by atoms with Crippen molar-refractivity contribution in [2.45, 2.75) is 52.4 Å². The zero-order chi connectivity index (χ0) is 19.7. The van der Waals surface area contributed by atoms with E-state index in [1.807, 2.05) is 65.0 Å². The molecule has 0 atom stereocenters. The molecular weight excluding hydrogens is 346 g/mol. The van der Waals surface area contributed by atoms with Crippen LogP contribution in [0.15, 0.2) is 42.5 Å². The highest BCUT2D eigenvalue weighted by molar-refractivity contribution is 6.62. The van der Waals surface area contributed by atoms with E-state index in [0.29, 0.717) is 29.1 Å². The van der Waals surface area contributed by atoms with Crippen molar-refractivity contribution < 1.29 is 23.2 Å². The largest absolute Gasteiger partial charge is 0.494 e. The smallest absolute Gasteiger partial charge is 0.490 e. The minimum atomic E-state index is -0.611. The first kappa shape index (κ1) is 19.7. The minimum Gasteiger partial charge on any atom is -0.490 e. The lowest BCUT2D eigenvalue weighted by Gasteiger charge is -2.32. The molecule has 0 spiro atoms. The van der Waals surface area contributed by atoms with Gasteiger partial charge in [-0.1, -0.05) is 18.2 Å². The van der Waals surface area contributed by atoms with Crippen molar-refractivity contribution in [2.75, 3.05) is 6.61 Å². The molecule has 0 unspecified atom stereocenters. The molecule has 0 aliphatic carbocycles. The van der Waals surface area contributed by atoms with E-state index in [9.17, 15) is 4.39 Å². The lowest BCUT2D eigenvalue weighted by atomic mass is 9.78. The number of halogens is 1. The Balaban J connectivity index is 1.77. The van der Waals surface area contributed by atoms with Gasteiger partial charge in [-0.05, 0) is 69.9 Å². The van der Waals surface area contributed by atoms with Crippen LogP contribution in [0.4, 0.5) is 4.39 Å². The Kier molecular flexibility index (Phi) is 5.49. The first-order valence-corrected chi connectivity index (χ1v) is 9.21. The second-order valence-corrected chi connectivity index (χ2v) is 7.65. The predicted octanol–water partition coefficient (Wildman–Crippen LogP) is 4.10. The van der Waals surface area contributed by atoms with Gasteiger partial charge in [0.2, 0.25) is 0 Å². The van der Waals surface area contributed by atoms with E-state index in [0.717, 1.165) is 0 Å². The molecule has 0 amide bonds.